The Morgan fingerprint density at radius 3 is 2.29 bits per heavy atom. The summed E-state index contributed by atoms with van der Waals surface area (Å²) in [5, 5.41) is 0. The monoisotopic (exact) mass is 240 g/mol. The van der Waals surface area contributed by atoms with Crippen molar-refractivity contribution in [2.24, 2.45) is 17.1 Å². The van der Waals surface area contributed by atoms with E-state index in [0.29, 0.717) is 17.4 Å². The van der Waals surface area contributed by atoms with Crippen molar-refractivity contribution in [1.82, 2.24) is 4.90 Å². The first-order valence-corrected chi connectivity index (χ1v) is 7.49. The lowest BCUT2D eigenvalue weighted by Crippen LogP contribution is -2.50. The summed E-state index contributed by atoms with van der Waals surface area (Å²) in [6, 6.07) is 0.382. The summed E-state index contributed by atoms with van der Waals surface area (Å²) in [4.78, 5) is 2.62. The topological polar surface area (TPSA) is 29.3 Å². The molecule has 17 heavy (non-hydrogen) atoms. The van der Waals surface area contributed by atoms with Crippen molar-refractivity contribution in [3.05, 3.63) is 0 Å². The first-order chi connectivity index (χ1) is 8.01. The average Bonchev–Trinajstić information content (AvgIpc) is 2.25. The summed E-state index contributed by atoms with van der Waals surface area (Å²) >= 11 is 0. The molecule has 0 radical (unpaired) electrons. The molecule has 2 nitrogen and oxygen atoms in total. The van der Waals surface area contributed by atoms with Crippen molar-refractivity contribution < 1.29 is 0 Å². The molecule has 2 heteroatoms. The lowest BCUT2D eigenvalue weighted by atomic mass is 9.68. The van der Waals surface area contributed by atoms with Crippen LogP contribution in [-0.4, -0.2) is 30.6 Å². The quantitative estimate of drug-likeness (QED) is 0.772. The van der Waals surface area contributed by atoms with Gasteiger partial charge in [-0.2, -0.15) is 0 Å². The largest absolute Gasteiger partial charge is 0.327 e. The maximum absolute atomic E-state index is 6.47. The molecule has 2 unspecified atom stereocenters. The van der Waals surface area contributed by atoms with Crippen molar-refractivity contribution in [2.45, 2.75) is 65.8 Å². The highest BCUT2D eigenvalue weighted by Crippen LogP contribution is 2.37. The van der Waals surface area contributed by atoms with Gasteiger partial charge in [-0.1, -0.05) is 34.1 Å². The minimum absolute atomic E-state index is 0.340. The van der Waals surface area contributed by atoms with E-state index < -0.39 is 0 Å². The van der Waals surface area contributed by atoms with Crippen LogP contribution in [0.2, 0.25) is 0 Å². The smallest absolute Gasteiger partial charge is 0.0131 e. The van der Waals surface area contributed by atoms with Crippen LogP contribution in [0.3, 0.4) is 0 Å². The maximum Gasteiger partial charge on any atom is 0.0131 e. The van der Waals surface area contributed by atoms with Gasteiger partial charge in [0.05, 0.1) is 0 Å². The van der Waals surface area contributed by atoms with Crippen LogP contribution < -0.4 is 5.73 Å². The molecule has 102 valence electrons. The summed E-state index contributed by atoms with van der Waals surface area (Å²) in [6.45, 7) is 12.9. The van der Waals surface area contributed by atoms with Crippen LogP contribution in [0.5, 0.6) is 0 Å². The van der Waals surface area contributed by atoms with Gasteiger partial charge in [0.25, 0.3) is 0 Å². The fraction of sp³-hybridized carbons (Fsp3) is 1.00. The van der Waals surface area contributed by atoms with Gasteiger partial charge in [-0.15, -0.1) is 0 Å². The van der Waals surface area contributed by atoms with Crippen molar-refractivity contribution in [3.8, 4) is 0 Å². The molecule has 1 rings (SSSR count). The Morgan fingerprint density at radius 1 is 1.18 bits per heavy atom. The fourth-order valence-electron chi connectivity index (χ4n) is 3.27. The van der Waals surface area contributed by atoms with Crippen LogP contribution in [0, 0.1) is 11.3 Å². The standard InChI is InChI=1S/C15H32N2/c1-5-10-17(11-6-2)12-13-8-7-9-15(3,4)14(13)16/h13-14H,5-12,16H2,1-4H3. The molecule has 1 fully saturated rings. The van der Waals surface area contributed by atoms with Gasteiger partial charge in [0.1, 0.15) is 0 Å². The van der Waals surface area contributed by atoms with Crippen LogP contribution in [-0.2, 0) is 0 Å². The Balaban J connectivity index is 2.52. The summed E-state index contributed by atoms with van der Waals surface area (Å²) < 4.78 is 0. The molecule has 2 atom stereocenters. The molecule has 0 aliphatic heterocycles. The second-order valence-corrected chi connectivity index (χ2v) is 6.47. The second kappa shape index (κ2) is 6.75. The van der Waals surface area contributed by atoms with Gasteiger partial charge in [-0.05, 0) is 50.1 Å². The molecular weight excluding hydrogens is 208 g/mol. The van der Waals surface area contributed by atoms with Gasteiger partial charge < -0.3 is 10.6 Å². The lowest BCUT2D eigenvalue weighted by Gasteiger charge is -2.43. The molecule has 1 aliphatic rings. The predicted octanol–water partition coefficient (Wildman–Crippen LogP) is 3.26. The van der Waals surface area contributed by atoms with Crippen LogP contribution in [0.15, 0.2) is 0 Å². The SMILES string of the molecule is CCCN(CCC)CC1CCCC(C)(C)C1N. The molecule has 0 amide bonds. The molecule has 0 aromatic carbocycles. The fourth-order valence-corrected chi connectivity index (χ4v) is 3.27. The van der Waals surface area contributed by atoms with Gasteiger partial charge in [-0.25, -0.2) is 0 Å². The van der Waals surface area contributed by atoms with E-state index in [9.17, 15) is 0 Å². The Kier molecular flexibility index (Phi) is 5.94. The number of nitrogens with two attached hydrogens (primary N) is 1. The van der Waals surface area contributed by atoms with Crippen molar-refractivity contribution >= 4 is 0 Å². The van der Waals surface area contributed by atoms with Crippen LogP contribution in [0.25, 0.3) is 0 Å². The molecule has 1 saturated carbocycles. The molecule has 0 spiro atoms. The second-order valence-electron chi connectivity index (χ2n) is 6.47. The van der Waals surface area contributed by atoms with Gasteiger partial charge in [0.2, 0.25) is 0 Å². The molecular formula is C15H32N2. The zero-order chi connectivity index (χ0) is 12.9. The Bertz CT molecular complexity index is 207. The highest BCUT2D eigenvalue weighted by Gasteiger charge is 2.36. The van der Waals surface area contributed by atoms with E-state index >= 15 is 0 Å². The first-order valence-electron chi connectivity index (χ1n) is 7.49. The minimum atomic E-state index is 0.340. The van der Waals surface area contributed by atoms with E-state index in [1.807, 2.05) is 0 Å². The third-order valence-corrected chi connectivity index (χ3v) is 4.38. The van der Waals surface area contributed by atoms with Crippen molar-refractivity contribution in [1.29, 1.82) is 0 Å². The van der Waals surface area contributed by atoms with E-state index in [1.54, 1.807) is 0 Å². The van der Waals surface area contributed by atoms with E-state index in [4.69, 9.17) is 5.73 Å². The van der Waals surface area contributed by atoms with E-state index in [1.165, 1.54) is 51.7 Å². The van der Waals surface area contributed by atoms with Gasteiger partial charge in [0.15, 0.2) is 0 Å². The normalized spacial score (nSPS) is 28.6. The molecule has 1 aliphatic carbocycles. The van der Waals surface area contributed by atoms with E-state index in [2.05, 4.69) is 32.6 Å². The first kappa shape index (κ1) is 15.0. The summed E-state index contributed by atoms with van der Waals surface area (Å²) in [7, 11) is 0. The van der Waals surface area contributed by atoms with Crippen LogP contribution in [0.1, 0.15) is 59.8 Å². The summed E-state index contributed by atoms with van der Waals surface area (Å²) in [5.41, 5.74) is 6.81. The Labute approximate surface area is 108 Å². The third-order valence-electron chi connectivity index (χ3n) is 4.38. The zero-order valence-corrected chi connectivity index (χ0v) is 12.3. The van der Waals surface area contributed by atoms with Crippen LogP contribution in [0.4, 0.5) is 0 Å². The van der Waals surface area contributed by atoms with Gasteiger partial charge in [0, 0.05) is 12.6 Å². The van der Waals surface area contributed by atoms with Crippen molar-refractivity contribution in [2.75, 3.05) is 19.6 Å². The predicted molar refractivity (Wildman–Crippen MR) is 76.1 cm³/mol. The lowest BCUT2D eigenvalue weighted by molar-refractivity contribution is 0.102. The molecule has 0 aromatic rings. The number of nitrogens with zero attached hydrogens (tertiary/aromatic N) is 1. The summed E-state index contributed by atoms with van der Waals surface area (Å²) in [5.74, 6) is 0.705. The molecule has 0 bridgehead atoms. The number of hydrogen-bond donors (Lipinski definition) is 1. The highest BCUT2D eigenvalue weighted by atomic mass is 15.1. The van der Waals surface area contributed by atoms with Crippen molar-refractivity contribution in [3.63, 3.8) is 0 Å². The minimum Gasteiger partial charge on any atom is -0.327 e. The highest BCUT2D eigenvalue weighted by molar-refractivity contribution is 4.92. The van der Waals surface area contributed by atoms with Crippen LogP contribution >= 0.6 is 0 Å². The van der Waals surface area contributed by atoms with Gasteiger partial charge >= 0.3 is 0 Å². The zero-order valence-electron chi connectivity index (χ0n) is 12.3. The van der Waals surface area contributed by atoms with E-state index in [-0.39, 0.29) is 0 Å². The molecule has 0 aromatic heterocycles. The Hall–Kier alpha value is -0.0800. The summed E-state index contributed by atoms with van der Waals surface area (Å²) in [6.07, 6.45) is 6.49. The van der Waals surface area contributed by atoms with E-state index in [0.717, 1.165) is 0 Å². The maximum atomic E-state index is 6.47. The molecule has 0 heterocycles. The molecule has 0 saturated heterocycles. The third kappa shape index (κ3) is 4.26. The number of rotatable bonds is 6. The number of hydrogen-bond acceptors (Lipinski definition) is 2. The van der Waals surface area contributed by atoms with Gasteiger partial charge in [-0.3, -0.25) is 0 Å². The average molecular weight is 240 g/mol. The molecule has 2 N–H and O–H groups in total. The Morgan fingerprint density at radius 2 is 1.76 bits per heavy atom.